The Morgan fingerprint density at radius 3 is 2.95 bits per heavy atom. The molecule has 0 amide bonds. The summed E-state index contributed by atoms with van der Waals surface area (Å²) in [6.07, 6.45) is 4.93. The van der Waals surface area contributed by atoms with Crippen LogP contribution in [0.1, 0.15) is 16.2 Å². The van der Waals surface area contributed by atoms with Crippen LogP contribution >= 0.6 is 23.7 Å². The first-order valence-corrected chi connectivity index (χ1v) is 7.10. The molecule has 0 saturated heterocycles. The molecule has 0 fully saturated rings. The average molecular weight is 313 g/mol. The standard InChI is InChI=1S/C13H16N4OS.ClH/c1-16-6-4-10(5-7-16)12-3-2-11(19-12)8-17-9-14-15-13(17)18;/h2-4,9H,5-8H2,1H3,(H,15,18);1H. The predicted octanol–water partition coefficient (Wildman–Crippen LogP) is 1.82. The van der Waals surface area contributed by atoms with Crippen LogP contribution in [0.25, 0.3) is 5.57 Å². The first-order chi connectivity index (χ1) is 9.22. The van der Waals surface area contributed by atoms with Gasteiger partial charge in [-0.1, -0.05) is 6.08 Å². The van der Waals surface area contributed by atoms with Gasteiger partial charge < -0.3 is 4.90 Å². The molecule has 0 aromatic carbocycles. The van der Waals surface area contributed by atoms with E-state index < -0.39 is 0 Å². The Balaban J connectivity index is 0.00000147. The molecule has 20 heavy (non-hydrogen) atoms. The van der Waals surface area contributed by atoms with Gasteiger partial charge >= 0.3 is 5.69 Å². The first-order valence-electron chi connectivity index (χ1n) is 6.29. The molecule has 0 aliphatic carbocycles. The van der Waals surface area contributed by atoms with Crippen LogP contribution in [0.15, 0.2) is 29.3 Å². The molecule has 0 spiro atoms. The van der Waals surface area contributed by atoms with Gasteiger partial charge in [-0.15, -0.1) is 23.7 Å². The minimum Gasteiger partial charge on any atom is -0.302 e. The number of H-pyrrole nitrogens is 1. The summed E-state index contributed by atoms with van der Waals surface area (Å²) in [6.45, 7) is 2.72. The molecule has 3 rings (SSSR count). The summed E-state index contributed by atoms with van der Waals surface area (Å²) in [5.41, 5.74) is 1.27. The molecule has 2 aromatic rings. The van der Waals surface area contributed by atoms with Gasteiger partial charge in [-0.3, -0.25) is 4.57 Å². The molecule has 0 atom stereocenters. The number of hydrogen-bond donors (Lipinski definition) is 1. The zero-order valence-electron chi connectivity index (χ0n) is 11.2. The van der Waals surface area contributed by atoms with Crippen molar-refractivity contribution in [3.05, 3.63) is 44.8 Å². The molecule has 1 aliphatic heterocycles. The van der Waals surface area contributed by atoms with Crippen LogP contribution in [-0.4, -0.2) is 39.8 Å². The van der Waals surface area contributed by atoms with Crippen molar-refractivity contribution in [2.75, 3.05) is 20.1 Å². The van der Waals surface area contributed by atoms with Gasteiger partial charge in [-0.25, -0.2) is 9.89 Å². The highest BCUT2D eigenvalue weighted by Crippen LogP contribution is 2.28. The SMILES string of the molecule is CN1CC=C(c2ccc(Cn3cn[nH]c3=O)s2)CC1.Cl. The van der Waals surface area contributed by atoms with E-state index in [1.807, 2.05) is 0 Å². The van der Waals surface area contributed by atoms with E-state index >= 15 is 0 Å². The normalized spacial score (nSPS) is 15.8. The number of halogens is 1. The van der Waals surface area contributed by atoms with Gasteiger partial charge in [-0.2, -0.15) is 5.10 Å². The minimum absolute atomic E-state index is 0. The van der Waals surface area contributed by atoms with Gasteiger partial charge in [0.25, 0.3) is 0 Å². The summed E-state index contributed by atoms with van der Waals surface area (Å²) in [7, 11) is 2.14. The molecule has 5 nitrogen and oxygen atoms in total. The van der Waals surface area contributed by atoms with Crippen LogP contribution in [0.5, 0.6) is 0 Å². The summed E-state index contributed by atoms with van der Waals surface area (Å²) in [5.74, 6) is 0. The lowest BCUT2D eigenvalue weighted by molar-refractivity contribution is 0.370. The molecule has 7 heteroatoms. The molecular weight excluding hydrogens is 296 g/mol. The van der Waals surface area contributed by atoms with Crippen molar-refractivity contribution in [1.29, 1.82) is 0 Å². The van der Waals surface area contributed by atoms with E-state index in [0.29, 0.717) is 6.54 Å². The number of thiophene rings is 1. The largest absolute Gasteiger partial charge is 0.343 e. The van der Waals surface area contributed by atoms with E-state index in [2.05, 4.69) is 40.4 Å². The van der Waals surface area contributed by atoms with Gasteiger partial charge in [0.15, 0.2) is 0 Å². The minimum atomic E-state index is -0.159. The number of hydrogen-bond acceptors (Lipinski definition) is 4. The van der Waals surface area contributed by atoms with Gasteiger partial charge in [0.1, 0.15) is 6.33 Å². The van der Waals surface area contributed by atoms with Gasteiger partial charge in [-0.05, 0) is 31.2 Å². The van der Waals surface area contributed by atoms with Crippen molar-refractivity contribution in [2.24, 2.45) is 0 Å². The highest BCUT2D eigenvalue weighted by molar-refractivity contribution is 7.13. The zero-order valence-corrected chi connectivity index (χ0v) is 12.8. The summed E-state index contributed by atoms with van der Waals surface area (Å²) in [4.78, 5) is 16.2. The van der Waals surface area contributed by atoms with E-state index in [-0.39, 0.29) is 18.1 Å². The molecule has 3 heterocycles. The summed E-state index contributed by atoms with van der Waals surface area (Å²) >= 11 is 1.76. The summed E-state index contributed by atoms with van der Waals surface area (Å²) in [6, 6.07) is 4.25. The number of nitrogens with one attached hydrogen (secondary N) is 1. The number of aromatic nitrogens is 3. The second-order valence-corrected chi connectivity index (χ2v) is 5.97. The Hall–Kier alpha value is -1.37. The van der Waals surface area contributed by atoms with E-state index in [9.17, 15) is 4.79 Å². The average Bonchev–Trinajstić information content (AvgIpc) is 3.01. The Morgan fingerprint density at radius 2 is 2.30 bits per heavy atom. The van der Waals surface area contributed by atoms with E-state index in [4.69, 9.17) is 0 Å². The van der Waals surface area contributed by atoms with Crippen LogP contribution in [0.4, 0.5) is 0 Å². The fourth-order valence-corrected chi connectivity index (χ4v) is 3.26. The Kier molecular flexibility index (Phi) is 4.80. The third-order valence-corrected chi connectivity index (χ3v) is 4.48. The summed E-state index contributed by atoms with van der Waals surface area (Å²) < 4.78 is 1.58. The van der Waals surface area contributed by atoms with Crippen molar-refractivity contribution in [1.82, 2.24) is 19.7 Å². The lowest BCUT2D eigenvalue weighted by atomic mass is 10.1. The lowest BCUT2D eigenvalue weighted by Crippen LogP contribution is -2.23. The van der Waals surface area contributed by atoms with Gasteiger partial charge in [0, 0.05) is 22.8 Å². The fourth-order valence-electron chi connectivity index (χ4n) is 2.18. The number of rotatable bonds is 3. The van der Waals surface area contributed by atoms with Crippen molar-refractivity contribution in [3.8, 4) is 0 Å². The van der Waals surface area contributed by atoms with Crippen molar-refractivity contribution >= 4 is 29.3 Å². The van der Waals surface area contributed by atoms with E-state index in [0.717, 1.165) is 19.5 Å². The predicted molar refractivity (Wildman–Crippen MR) is 83.6 cm³/mol. The van der Waals surface area contributed by atoms with Crippen LogP contribution < -0.4 is 5.69 Å². The fraction of sp³-hybridized carbons (Fsp3) is 0.385. The van der Waals surface area contributed by atoms with Gasteiger partial charge in [0.2, 0.25) is 0 Å². The summed E-state index contributed by atoms with van der Waals surface area (Å²) in [5, 5.41) is 6.15. The lowest BCUT2D eigenvalue weighted by Gasteiger charge is -2.21. The van der Waals surface area contributed by atoms with Crippen molar-refractivity contribution in [2.45, 2.75) is 13.0 Å². The number of nitrogens with zero attached hydrogens (tertiary/aromatic N) is 3. The number of likely N-dealkylation sites (N-methyl/N-ethyl adjacent to an activating group) is 1. The van der Waals surface area contributed by atoms with E-state index in [1.54, 1.807) is 15.9 Å². The third kappa shape index (κ3) is 3.20. The highest BCUT2D eigenvalue weighted by Gasteiger charge is 2.12. The quantitative estimate of drug-likeness (QED) is 0.940. The Labute approximate surface area is 127 Å². The molecule has 2 aromatic heterocycles. The maximum absolute atomic E-state index is 11.4. The van der Waals surface area contributed by atoms with Crippen LogP contribution in [0.3, 0.4) is 0 Å². The first kappa shape index (κ1) is 15.0. The maximum Gasteiger partial charge on any atom is 0.343 e. The molecule has 0 radical (unpaired) electrons. The Morgan fingerprint density at radius 1 is 1.45 bits per heavy atom. The van der Waals surface area contributed by atoms with Crippen LogP contribution in [0, 0.1) is 0 Å². The van der Waals surface area contributed by atoms with Crippen LogP contribution in [-0.2, 0) is 6.54 Å². The Bertz CT molecular complexity index is 657. The highest BCUT2D eigenvalue weighted by atomic mass is 35.5. The maximum atomic E-state index is 11.4. The van der Waals surface area contributed by atoms with Crippen LogP contribution in [0.2, 0.25) is 0 Å². The van der Waals surface area contributed by atoms with Gasteiger partial charge in [0.05, 0.1) is 6.54 Å². The molecule has 0 unspecified atom stereocenters. The molecule has 1 aliphatic rings. The molecule has 0 saturated carbocycles. The van der Waals surface area contributed by atoms with Crippen molar-refractivity contribution in [3.63, 3.8) is 0 Å². The monoisotopic (exact) mass is 312 g/mol. The second-order valence-electron chi connectivity index (χ2n) is 4.80. The van der Waals surface area contributed by atoms with Crippen molar-refractivity contribution < 1.29 is 0 Å². The molecule has 108 valence electrons. The molecule has 1 N–H and O–H groups in total. The molecule has 0 bridgehead atoms. The smallest absolute Gasteiger partial charge is 0.302 e. The second kappa shape index (κ2) is 6.39. The molecular formula is C13H17ClN4OS. The topological polar surface area (TPSA) is 53.9 Å². The van der Waals surface area contributed by atoms with E-state index in [1.165, 1.54) is 21.7 Å². The number of aromatic amines is 1. The third-order valence-electron chi connectivity index (χ3n) is 3.33. The zero-order chi connectivity index (χ0) is 13.2.